The number of phosphoric acid groups is 1. The maximum absolute atomic E-state index is 12.7. The number of phosphoric ester groups is 1. The summed E-state index contributed by atoms with van der Waals surface area (Å²) >= 11 is 0. The highest BCUT2D eigenvalue weighted by Crippen LogP contribution is 2.43. The fourth-order valence-electron chi connectivity index (χ4n) is 7.23. The molecule has 0 aromatic rings. The summed E-state index contributed by atoms with van der Waals surface area (Å²) in [5.41, 5.74) is 5.38. The molecule has 0 aliphatic heterocycles. The van der Waals surface area contributed by atoms with E-state index in [-0.39, 0.29) is 32.6 Å². The number of nitrogens with two attached hydrogens (primary N) is 1. The third-order valence-electron chi connectivity index (χ3n) is 11.7. The van der Waals surface area contributed by atoms with Crippen LogP contribution in [0, 0.1) is 0 Å². The molecule has 0 bridgehead atoms. The number of ether oxygens (including phenoxy) is 2. The fourth-order valence-corrected chi connectivity index (χ4v) is 7.99. The minimum absolute atomic E-state index is 0.0312. The molecule has 3 N–H and O–H groups in total. The molecule has 0 aliphatic carbocycles. The molecule has 0 rings (SSSR count). The first-order valence-electron chi connectivity index (χ1n) is 30.6. The first-order valence-corrected chi connectivity index (χ1v) is 32.1. The molecule has 0 amide bonds. The average Bonchev–Trinajstić information content (AvgIpc) is 3.46. The molecule has 9 nitrogen and oxygen atoms in total. The summed E-state index contributed by atoms with van der Waals surface area (Å²) in [5.74, 6) is -0.916. The van der Waals surface area contributed by atoms with Crippen LogP contribution in [0.4, 0.5) is 0 Å². The molecule has 0 radical (unpaired) electrons. The van der Waals surface area contributed by atoms with Gasteiger partial charge in [-0.05, 0) is 148 Å². The minimum atomic E-state index is -4.42. The summed E-state index contributed by atoms with van der Waals surface area (Å²) in [5, 5.41) is 0. The van der Waals surface area contributed by atoms with E-state index < -0.39 is 32.5 Å². The Labute approximate surface area is 493 Å². The van der Waals surface area contributed by atoms with Gasteiger partial charge in [0.1, 0.15) is 6.61 Å². The lowest BCUT2D eigenvalue weighted by molar-refractivity contribution is -0.161. The number of carbonyl (C=O) groups is 2. The number of rotatable bonds is 54. The van der Waals surface area contributed by atoms with Gasteiger partial charge in [-0.15, -0.1) is 0 Å². The van der Waals surface area contributed by atoms with Gasteiger partial charge in [0.15, 0.2) is 6.10 Å². The second kappa shape index (κ2) is 63.8. The van der Waals surface area contributed by atoms with Gasteiger partial charge in [0, 0.05) is 19.4 Å². The Morgan fingerprint density at radius 1 is 0.370 bits per heavy atom. The van der Waals surface area contributed by atoms with Crippen molar-refractivity contribution < 1.29 is 37.6 Å². The van der Waals surface area contributed by atoms with Crippen molar-refractivity contribution in [3.63, 3.8) is 0 Å². The predicted molar refractivity (Wildman–Crippen MR) is 348 cm³/mol. The lowest BCUT2D eigenvalue weighted by Gasteiger charge is -2.19. The van der Waals surface area contributed by atoms with Crippen molar-refractivity contribution in [2.45, 2.75) is 200 Å². The Hall–Kier alpha value is -5.41. The van der Waals surface area contributed by atoms with E-state index >= 15 is 0 Å². The minimum Gasteiger partial charge on any atom is -0.462 e. The van der Waals surface area contributed by atoms with Crippen molar-refractivity contribution >= 4 is 19.8 Å². The molecule has 0 aliphatic rings. The van der Waals surface area contributed by atoms with Gasteiger partial charge in [-0.2, -0.15) is 0 Å². The third kappa shape index (κ3) is 63.6. The first-order chi connectivity index (χ1) is 39.8. The molecular weight excluding hydrogens is 1030 g/mol. The van der Waals surface area contributed by atoms with E-state index in [0.29, 0.717) is 12.8 Å². The molecule has 2 unspecified atom stereocenters. The topological polar surface area (TPSA) is 134 Å². The Morgan fingerprint density at radius 3 is 0.951 bits per heavy atom. The van der Waals surface area contributed by atoms with Crippen molar-refractivity contribution in [3.8, 4) is 0 Å². The Bertz CT molecular complexity index is 2070. The predicted octanol–water partition coefficient (Wildman–Crippen LogP) is 20.0. The Kier molecular flexibility index (Phi) is 59.5. The smallest absolute Gasteiger partial charge is 0.462 e. The van der Waals surface area contributed by atoms with Crippen LogP contribution < -0.4 is 5.73 Å². The molecule has 0 aromatic heterocycles. The van der Waals surface area contributed by atoms with Crippen LogP contribution in [0.3, 0.4) is 0 Å². The first kappa shape index (κ1) is 75.6. The van der Waals surface area contributed by atoms with Gasteiger partial charge >= 0.3 is 19.8 Å². The van der Waals surface area contributed by atoms with E-state index in [1.165, 1.54) is 0 Å². The number of esters is 2. The van der Waals surface area contributed by atoms with Crippen LogP contribution in [0.2, 0.25) is 0 Å². The molecule has 0 spiro atoms. The SMILES string of the molecule is CC/C=C\C/C=C\C/C=C\C/C=C\C/C=C\C/C=C\C/C=C\C/C=C\C/C=C\C/C=C\C/C=C\CCCCCC(=O)OC(COC(=O)CCCCCC/C=C\C/C=C\C/C=C\C/C=C\C/C=C\C/C=C\CC)COP(=O)(O)OCCN. The number of hydrogen-bond acceptors (Lipinski definition) is 8. The number of allylic oxidation sites excluding steroid dienone is 34. The molecule has 0 aromatic carbocycles. The van der Waals surface area contributed by atoms with Crippen molar-refractivity contribution in [2.24, 2.45) is 5.73 Å². The zero-order chi connectivity index (χ0) is 58.7. The number of hydrogen-bond donors (Lipinski definition) is 2. The zero-order valence-corrected chi connectivity index (χ0v) is 51.1. The van der Waals surface area contributed by atoms with E-state index in [9.17, 15) is 19.0 Å². The largest absolute Gasteiger partial charge is 0.472 e. The molecule has 2 atom stereocenters. The quantitative estimate of drug-likeness (QED) is 0.0264. The Morgan fingerprint density at radius 2 is 0.642 bits per heavy atom. The molecule has 0 saturated heterocycles. The van der Waals surface area contributed by atoms with E-state index in [1.54, 1.807) is 0 Å². The molecule has 450 valence electrons. The van der Waals surface area contributed by atoms with Crippen LogP contribution >= 0.6 is 7.82 Å². The molecule has 0 saturated carbocycles. The average molecular weight is 1130 g/mol. The zero-order valence-electron chi connectivity index (χ0n) is 50.2. The van der Waals surface area contributed by atoms with Gasteiger partial charge in [-0.25, -0.2) is 4.57 Å². The van der Waals surface area contributed by atoms with Crippen LogP contribution in [0.5, 0.6) is 0 Å². The lowest BCUT2D eigenvalue weighted by Crippen LogP contribution is -2.29. The second-order valence-electron chi connectivity index (χ2n) is 19.1. The summed E-state index contributed by atoms with van der Waals surface area (Å²) < 4.78 is 33.0. The summed E-state index contributed by atoms with van der Waals surface area (Å²) in [6.45, 7) is 3.40. The summed E-state index contributed by atoms with van der Waals surface area (Å²) in [6, 6.07) is 0. The van der Waals surface area contributed by atoms with Gasteiger partial charge in [-0.3, -0.25) is 18.6 Å². The number of unbranched alkanes of at least 4 members (excludes halogenated alkanes) is 7. The van der Waals surface area contributed by atoms with E-state index in [1.807, 2.05) is 0 Å². The fraction of sp³-hybridized carbons (Fsp3) is 0.493. The van der Waals surface area contributed by atoms with Crippen LogP contribution in [-0.4, -0.2) is 49.3 Å². The second-order valence-corrected chi connectivity index (χ2v) is 20.6. The highest BCUT2D eigenvalue weighted by molar-refractivity contribution is 7.47. The maximum atomic E-state index is 12.7. The molecule has 10 heteroatoms. The molecular formula is C71H108NO8P. The van der Waals surface area contributed by atoms with Gasteiger partial charge in [-0.1, -0.05) is 240 Å². The van der Waals surface area contributed by atoms with Crippen LogP contribution in [0.1, 0.15) is 194 Å². The van der Waals surface area contributed by atoms with Crippen molar-refractivity contribution in [1.82, 2.24) is 0 Å². The van der Waals surface area contributed by atoms with Crippen molar-refractivity contribution in [1.29, 1.82) is 0 Å². The van der Waals surface area contributed by atoms with Crippen molar-refractivity contribution in [3.05, 3.63) is 207 Å². The standard InChI is InChI=1S/C71H108NO8P/c1-3-5-7-9-11-13-15-17-19-21-23-25-27-28-29-30-31-32-33-34-35-36-37-38-39-40-42-44-46-48-50-52-54-56-58-60-62-64-71(74)80-69(68-79-81(75,76)78-66-65-72)67-77-70(73)63-61-59-57-55-53-51-49-47-45-43-41-26-24-22-20-18-16-14-12-10-8-6-4-2/h5-8,11-14,17-20,23-26,28-29,31-32,34-35,37-38,40,42-43,45-46,48-49,51-52,54,69H,3-4,9-10,15-16,21-22,27,30,33,36,39,41,44,47,50,53,55-68,72H2,1-2H3,(H,75,76)/b7-5-,8-6-,13-11-,14-12-,19-17-,20-18-,25-23-,26-24-,29-28-,32-31-,35-34-,38-37-,42-40-,45-43-,48-46-,51-49-,54-52-. The monoisotopic (exact) mass is 1130 g/mol. The van der Waals surface area contributed by atoms with Gasteiger partial charge in [0.05, 0.1) is 13.2 Å². The number of carbonyl (C=O) groups excluding carboxylic acids is 2. The molecule has 81 heavy (non-hydrogen) atoms. The summed E-state index contributed by atoms with van der Waals surface area (Å²) in [6.07, 6.45) is 98.8. The van der Waals surface area contributed by atoms with Crippen LogP contribution in [0.15, 0.2) is 207 Å². The highest BCUT2D eigenvalue weighted by atomic mass is 31.2. The maximum Gasteiger partial charge on any atom is 0.472 e. The van der Waals surface area contributed by atoms with E-state index in [0.717, 1.165) is 154 Å². The van der Waals surface area contributed by atoms with Gasteiger partial charge < -0.3 is 20.1 Å². The van der Waals surface area contributed by atoms with Crippen LogP contribution in [0.25, 0.3) is 0 Å². The van der Waals surface area contributed by atoms with Crippen LogP contribution in [-0.2, 0) is 32.7 Å². The summed E-state index contributed by atoms with van der Waals surface area (Å²) in [7, 11) is -4.42. The highest BCUT2D eigenvalue weighted by Gasteiger charge is 2.26. The third-order valence-corrected chi connectivity index (χ3v) is 12.6. The van der Waals surface area contributed by atoms with Gasteiger partial charge in [0.25, 0.3) is 0 Å². The molecule has 0 fully saturated rings. The Balaban J connectivity index is 4.17. The van der Waals surface area contributed by atoms with Gasteiger partial charge in [0.2, 0.25) is 0 Å². The van der Waals surface area contributed by atoms with Crippen molar-refractivity contribution in [2.75, 3.05) is 26.4 Å². The normalized spacial score (nSPS) is 14.5. The van der Waals surface area contributed by atoms with E-state index in [4.69, 9.17) is 24.3 Å². The van der Waals surface area contributed by atoms with E-state index in [2.05, 4.69) is 220 Å². The lowest BCUT2D eigenvalue weighted by atomic mass is 10.1. The molecule has 0 heterocycles. The summed E-state index contributed by atoms with van der Waals surface area (Å²) in [4.78, 5) is 35.2.